The van der Waals surface area contributed by atoms with Crippen LogP contribution in [0.25, 0.3) is 11.0 Å². The van der Waals surface area contributed by atoms with Gasteiger partial charge in [-0.1, -0.05) is 6.92 Å². The second-order valence-corrected chi connectivity index (χ2v) is 9.46. The van der Waals surface area contributed by atoms with E-state index in [2.05, 4.69) is 36.0 Å². The molecule has 2 aromatic rings. The second-order valence-electron chi connectivity index (χ2n) is 9.46. The van der Waals surface area contributed by atoms with Gasteiger partial charge in [0.2, 0.25) is 0 Å². The average molecular weight is 443 g/mol. The highest BCUT2D eigenvalue weighted by molar-refractivity contribution is 6.01. The third-order valence-electron chi connectivity index (χ3n) is 7.00. The van der Waals surface area contributed by atoms with E-state index in [1.807, 2.05) is 0 Å². The Labute approximate surface area is 188 Å². The maximum Gasteiger partial charge on any atom is 0.268 e. The number of fused-ring (bicyclic) bond motifs is 1. The molecule has 1 saturated heterocycles. The van der Waals surface area contributed by atoms with Gasteiger partial charge in [-0.05, 0) is 57.6 Å². The summed E-state index contributed by atoms with van der Waals surface area (Å²) in [7, 11) is 0. The van der Waals surface area contributed by atoms with E-state index in [4.69, 9.17) is 4.74 Å². The number of ether oxygens (including phenoxy) is 1. The van der Waals surface area contributed by atoms with Gasteiger partial charge in [-0.2, -0.15) is 0 Å². The quantitative estimate of drug-likeness (QED) is 0.739. The highest BCUT2D eigenvalue weighted by atomic mass is 16.5. The predicted octanol–water partition coefficient (Wildman–Crippen LogP) is 2.52. The van der Waals surface area contributed by atoms with Crippen molar-refractivity contribution in [2.75, 3.05) is 19.8 Å². The normalized spacial score (nSPS) is 26.8. The molecular weight excluding hydrogens is 408 g/mol. The third-order valence-corrected chi connectivity index (χ3v) is 7.00. The van der Waals surface area contributed by atoms with Crippen molar-refractivity contribution in [3.63, 3.8) is 0 Å². The zero-order valence-electron chi connectivity index (χ0n) is 19.2. The van der Waals surface area contributed by atoms with Gasteiger partial charge in [-0.3, -0.25) is 19.1 Å². The molecular formula is C24H34N4O4. The van der Waals surface area contributed by atoms with Gasteiger partial charge in [0.05, 0.1) is 18.6 Å². The molecule has 2 fully saturated rings. The van der Waals surface area contributed by atoms with Crippen LogP contribution in [-0.4, -0.2) is 63.3 Å². The lowest BCUT2D eigenvalue weighted by atomic mass is 9.87. The van der Waals surface area contributed by atoms with Crippen LogP contribution in [0, 0.1) is 5.92 Å². The van der Waals surface area contributed by atoms with Crippen LogP contribution < -0.4 is 10.9 Å². The summed E-state index contributed by atoms with van der Waals surface area (Å²) >= 11 is 0. The monoisotopic (exact) mass is 442 g/mol. The number of carbonyl (C=O) groups is 1. The minimum Gasteiger partial charge on any atom is -0.506 e. The third kappa shape index (κ3) is 4.52. The summed E-state index contributed by atoms with van der Waals surface area (Å²) in [5.74, 6) is -0.130. The first-order valence-electron chi connectivity index (χ1n) is 11.7. The zero-order valence-corrected chi connectivity index (χ0v) is 19.2. The molecule has 0 unspecified atom stereocenters. The first kappa shape index (κ1) is 22.7. The Morgan fingerprint density at radius 2 is 1.84 bits per heavy atom. The maximum atomic E-state index is 13.4. The van der Waals surface area contributed by atoms with E-state index in [-0.39, 0.29) is 29.4 Å². The Hall–Kier alpha value is -2.45. The fourth-order valence-electron chi connectivity index (χ4n) is 5.03. The Morgan fingerprint density at radius 1 is 1.16 bits per heavy atom. The van der Waals surface area contributed by atoms with Crippen LogP contribution in [0.15, 0.2) is 23.1 Å². The van der Waals surface area contributed by atoms with Gasteiger partial charge in [0.25, 0.3) is 11.5 Å². The van der Waals surface area contributed by atoms with Crippen LogP contribution in [-0.2, 0) is 11.3 Å². The molecule has 2 N–H and O–H groups in total. The van der Waals surface area contributed by atoms with Gasteiger partial charge >= 0.3 is 0 Å². The molecule has 3 heterocycles. The summed E-state index contributed by atoms with van der Waals surface area (Å²) in [6, 6.07) is 3.91. The van der Waals surface area contributed by atoms with Gasteiger partial charge < -0.3 is 15.2 Å². The second kappa shape index (κ2) is 9.58. The average Bonchev–Trinajstić information content (AvgIpc) is 2.77. The number of aromatic nitrogens is 2. The van der Waals surface area contributed by atoms with Gasteiger partial charge in [0, 0.05) is 37.4 Å². The number of hydrogen-bond acceptors (Lipinski definition) is 6. The molecule has 2 aromatic heterocycles. The Morgan fingerprint density at radius 3 is 2.53 bits per heavy atom. The van der Waals surface area contributed by atoms with Crippen molar-refractivity contribution >= 4 is 16.9 Å². The SMILES string of the molecule is C[C@@H]1COC[C@@H](C)N1CCn1c(=O)c(C(=O)N[C@H]2CC[C@@H](C)CC2)c(O)c2cccnc21. The smallest absolute Gasteiger partial charge is 0.268 e. The predicted molar refractivity (Wildman–Crippen MR) is 123 cm³/mol. The number of nitrogens with zero attached hydrogens (tertiary/aromatic N) is 3. The molecule has 2 atom stereocenters. The number of rotatable bonds is 5. The Kier molecular flexibility index (Phi) is 6.81. The number of aromatic hydroxyl groups is 1. The largest absolute Gasteiger partial charge is 0.506 e. The van der Waals surface area contributed by atoms with Crippen LogP contribution in [0.4, 0.5) is 0 Å². The van der Waals surface area contributed by atoms with Crippen LogP contribution in [0.2, 0.25) is 0 Å². The highest BCUT2D eigenvalue weighted by Gasteiger charge is 2.28. The van der Waals surface area contributed by atoms with Crippen molar-refractivity contribution in [3.8, 4) is 5.75 Å². The van der Waals surface area contributed by atoms with Crippen LogP contribution >= 0.6 is 0 Å². The topological polar surface area (TPSA) is 96.7 Å². The number of hydrogen-bond donors (Lipinski definition) is 2. The van der Waals surface area contributed by atoms with Crippen LogP contribution in [0.3, 0.4) is 0 Å². The molecule has 8 heteroatoms. The minimum absolute atomic E-state index is 0.0330. The number of pyridine rings is 2. The summed E-state index contributed by atoms with van der Waals surface area (Å²) in [5.41, 5.74) is -0.289. The molecule has 0 spiro atoms. The van der Waals surface area contributed by atoms with E-state index >= 15 is 0 Å². The molecule has 0 bridgehead atoms. The van der Waals surface area contributed by atoms with Crippen LogP contribution in [0.5, 0.6) is 5.75 Å². The van der Waals surface area contributed by atoms with Gasteiger partial charge in [0.15, 0.2) is 0 Å². The lowest BCUT2D eigenvalue weighted by Gasteiger charge is -2.38. The van der Waals surface area contributed by atoms with E-state index in [0.29, 0.717) is 43.3 Å². The van der Waals surface area contributed by atoms with E-state index < -0.39 is 11.5 Å². The molecule has 32 heavy (non-hydrogen) atoms. The molecule has 1 amide bonds. The molecule has 8 nitrogen and oxygen atoms in total. The van der Waals surface area contributed by atoms with Crippen LogP contribution in [0.1, 0.15) is 56.8 Å². The number of morpholine rings is 1. The van der Waals surface area contributed by atoms with Crippen molar-refractivity contribution in [1.29, 1.82) is 0 Å². The maximum absolute atomic E-state index is 13.4. The summed E-state index contributed by atoms with van der Waals surface area (Å²) in [6.07, 6.45) is 5.49. The van der Waals surface area contributed by atoms with E-state index in [1.54, 1.807) is 18.3 Å². The summed E-state index contributed by atoms with van der Waals surface area (Å²) < 4.78 is 7.14. The number of amides is 1. The molecule has 1 aliphatic carbocycles. The molecule has 0 radical (unpaired) electrons. The fraction of sp³-hybridized carbons (Fsp3) is 0.625. The van der Waals surface area contributed by atoms with Gasteiger partial charge in [0.1, 0.15) is 17.0 Å². The molecule has 2 aliphatic rings. The van der Waals surface area contributed by atoms with E-state index in [0.717, 1.165) is 25.7 Å². The van der Waals surface area contributed by atoms with E-state index in [9.17, 15) is 14.7 Å². The van der Waals surface area contributed by atoms with Crippen molar-refractivity contribution in [1.82, 2.24) is 19.8 Å². The van der Waals surface area contributed by atoms with Gasteiger partial charge in [-0.15, -0.1) is 0 Å². The molecule has 4 rings (SSSR count). The van der Waals surface area contributed by atoms with Gasteiger partial charge in [-0.25, -0.2) is 4.98 Å². The number of carbonyl (C=O) groups excluding carboxylic acids is 1. The van der Waals surface area contributed by atoms with Crippen molar-refractivity contribution in [2.24, 2.45) is 5.92 Å². The number of nitrogens with one attached hydrogen (secondary N) is 1. The zero-order chi connectivity index (χ0) is 22.8. The van der Waals surface area contributed by atoms with Crippen molar-refractivity contribution in [2.45, 2.75) is 71.1 Å². The lowest BCUT2D eigenvalue weighted by molar-refractivity contribution is -0.0377. The molecule has 1 aliphatic heterocycles. The summed E-state index contributed by atoms with van der Waals surface area (Å²) in [4.78, 5) is 33.2. The fourth-order valence-corrected chi connectivity index (χ4v) is 5.03. The standard InChI is InChI=1S/C24H34N4O4/c1-15-6-8-18(9-7-15)26-23(30)20-21(29)19-5-4-10-25-22(19)28(24(20)31)12-11-27-16(2)13-32-14-17(27)3/h4-5,10,15-18,29H,6-9,11-14H2,1-3H3,(H,26,30)/t15-,16-,17-,18+/m1/s1. The first-order chi connectivity index (χ1) is 15.4. The Balaban J connectivity index is 1.65. The molecule has 1 saturated carbocycles. The highest BCUT2D eigenvalue weighted by Crippen LogP contribution is 2.27. The first-order valence-corrected chi connectivity index (χ1v) is 11.7. The van der Waals surface area contributed by atoms with Crippen molar-refractivity contribution in [3.05, 3.63) is 34.2 Å². The molecule has 0 aromatic carbocycles. The molecule has 174 valence electrons. The van der Waals surface area contributed by atoms with Crippen molar-refractivity contribution < 1.29 is 14.6 Å². The summed E-state index contributed by atoms with van der Waals surface area (Å²) in [5, 5.41) is 14.3. The Bertz CT molecular complexity index is 1020. The lowest BCUT2D eigenvalue weighted by Crippen LogP contribution is -2.51. The minimum atomic E-state index is -0.500. The van der Waals surface area contributed by atoms with E-state index in [1.165, 1.54) is 4.57 Å². The summed E-state index contributed by atoms with van der Waals surface area (Å²) in [6.45, 7) is 8.75.